The van der Waals surface area contributed by atoms with Gasteiger partial charge in [-0.3, -0.25) is 9.59 Å². The number of benzene rings is 3. The Kier molecular flexibility index (Phi) is 4.68. The zero-order chi connectivity index (χ0) is 18.9. The largest absolute Gasteiger partial charge is 0.481 e. The van der Waals surface area contributed by atoms with Gasteiger partial charge < -0.3 is 9.84 Å². The number of carbonyl (C=O) groups excluding carboxylic acids is 1. The first-order valence-electron chi connectivity index (χ1n) is 8.64. The van der Waals surface area contributed by atoms with E-state index in [1.54, 1.807) is 0 Å². The molecule has 3 rings (SSSR count). The molecule has 0 unspecified atom stereocenters. The summed E-state index contributed by atoms with van der Waals surface area (Å²) in [7, 11) is 0. The summed E-state index contributed by atoms with van der Waals surface area (Å²) in [6.45, 7) is 6.40. The molecule has 4 heteroatoms. The number of ether oxygens (including phenoxy) is 1. The number of aliphatic carboxylic acids is 1. The number of rotatable bonds is 4. The summed E-state index contributed by atoms with van der Waals surface area (Å²) in [5.41, 5.74) is 1.10. The van der Waals surface area contributed by atoms with Crippen molar-refractivity contribution in [3.63, 3.8) is 0 Å². The van der Waals surface area contributed by atoms with Crippen molar-refractivity contribution in [3.8, 4) is 5.75 Å². The highest BCUT2D eigenvalue weighted by Crippen LogP contribution is 2.37. The predicted molar refractivity (Wildman–Crippen MR) is 103 cm³/mol. The van der Waals surface area contributed by atoms with E-state index < -0.39 is 11.9 Å². The molecule has 0 atom stereocenters. The molecule has 0 aliphatic carbocycles. The normalized spacial score (nSPS) is 11.7. The molecule has 0 bridgehead atoms. The molecule has 1 N–H and O–H groups in total. The first-order valence-corrected chi connectivity index (χ1v) is 8.64. The number of carboxylic acids is 1. The zero-order valence-electron chi connectivity index (χ0n) is 15.2. The smallest absolute Gasteiger partial charge is 0.311 e. The average Bonchev–Trinajstić information content (AvgIpc) is 2.58. The first kappa shape index (κ1) is 17.9. The van der Waals surface area contributed by atoms with Crippen molar-refractivity contribution >= 4 is 33.5 Å². The van der Waals surface area contributed by atoms with Crippen molar-refractivity contribution < 1.29 is 19.4 Å². The van der Waals surface area contributed by atoms with Gasteiger partial charge in [0, 0.05) is 10.8 Å². The van der Waals surface area contributed by atoms with Crippen molar-refractivity contribution in [2.75, 3.05) is 0 Å². The topological polar surface area (TPSA) is 63.6 Å². The maximum Gasteiger partial charge on any atom is 0.311 e. The Labute approximate surface area is 152 Å². The molecule has 0 saturated heterocycles. The van der Waals surface area contributed by atoms with Gasteiger partial charge in [0.1, 0.15) is 5.75 Å². The summed E-state index contributed by atoms with van der Waals surface area (Å²) < 4.78 is 5.66. The van der Waals surface area contributed by atoms with Crippen molar-refractivity contribution in [2.24, 2.45) is 0 Å². The maximum absolute atomic E-state index is 12.2. The molecule has 0 aromatic heterocycles. The van der Waals surface area contributed by atoms with Gasteiger partial charge in [-0.25, -0.2) is 0 Å². The molecule has 26 heavy (non-hydrogen) atoms. The van der Waals surface area contributed by atoms with Crippen molar-refractivity contribution in [1.29, 1.82) is 0 Å². The van der Waals surface area contributed by atoms with Crippen LogP contribution in [-0.2, 0) is 15.0 Å². The van der Waals surface area contributed by atoms with E-state index in [9.17, 15) is 9.59 Å². The molecule has 0 aliphatic heterocycles. The van der Waals surface area contributed by atoms with Crippen molar-refractivity contribution in [1.82, 2.24) is 0 Å². The van der Waals surface area contributed by atoms with Crippen LogP contribution in [0.5, 0.6) is 5.75 Å². The van der Waals surface area contributed by atoms with Gasteiger partial charge in [0.2, 0.25) is 0 Å². The van der Waals surface area contributed by atoms with E-state index in [-0.39, 0.29) is 18.3 Å². The van der Waals surface area contributed by atoms with Crippen LogP contribution in [0.1, 0.15) is 39.2 Å². The molecule has 3 aromatic rings. The SMILES string of the molecule is CC(C)(C)c1ccc2cc3ccccc3c(OC(=O)CCC(=O)O)c2c1. The van der Waals surface area contributed by atoms with Gasteiger partial charge in [-0.15, -0.1) is 0 Å². The fourth-order valence-electron chi connectivity index (χ4n) is 2.97. The summed E-state index contributed by atoms with van der Waals surface area (Å²) in [6, 6.07) is 16.0. The number of carbonyl (C=O) groups is 2. The van der Waals surface area contributed by atoms with E-state index in [4.69, 9.17) is 9.84 Å². The minimum Gasteiger partial charge on any atom is -0.481 e. The van der Waals surface area contributed by atoms with Crippen LogP contribution in [0, 0.1) is 0 Å². The summed E-state index contributed by atoms with van der Waals surface area (Å²) >= 11 is 0. The van der Waals surface area contributed by atoms with Gasteiger partial charge in [-0.05, 0) is 33.9 Å². The van der Waals surface area contributed by atoms with Crippen molar-refractivity contribution in [2.45, 2.75) is 39.0 Å². The zero-order valence-corrected chi connectivity index (χ0v) is 15.2. The fraction of sp³-hybridized carbons (Fsp3) is 0.273. The van der Waals surface area contributed by atoms with E-state index in [1.165, 1.54) is 0 Å². The van der Waals surface area contributed by atoms with Gasteiger partial charge >= 0.3 is 11.9 Å². The lowest BCUT2D eigenvalue weighted by Gasteiger charge is -2.20. The van der Waals surface area contributed by atoms with E-state index in [2.05, 4.69) is 39.0 Å². The van der Waals surface area contributed by atoms with Crippen LogP contribution >= 0.6 is 0 Å². The van der Waals surface area contributed by atoms with Crippen LogP contribution in [0.2, 0.25) is 0 Å². The summed E-state index contributed by atoms with van der Waals surface area (Å²) in [5, 5.41) is 12.5. The van der Waals surface area contributed by atoms with Crippen molar-refractivity contribution in [3.05, 3.63) is 54.1 Å². The molecule has 4 nitrogen and oxygen atoms in total. The Morgan fingerprint density at radius 1 is 0.923 bits per heavy atom. The molecule has 3 aromatic carbocycles. The van der Waals surface area contributed by atoms with E-state index in [0.29, 0.717) is 5.75 Å². The Bertz CT molecular complexity index is 996. The molecule has 134 valence electrons. The Morgan fingerprint density at radius 2 is 1.62 bits per heavy atom. The van der Waals surface area contributed by atoms with Crippen LogP contribution < -0.4 is 4.74 Å². The maximum atomic E-state index is 12.2. The van der Waals surface area contributed by atoms with Gasteiger partial charge in [0.15, 0.2) is 0 Å². The van der Waals surface area contributed by atoms with Gasteiger partial charge in [0.25, 0.3) is 0 Å². The lowest BCUT2D eigenvalue weighted by Crippen LogP contribution is -2.12. The third-order valence-corrected chi connectivity index (χ3v) is 4.44. The molecule has 0 amide bonds. The Morgan fingerprint density at radius 3 is 2.31 bits per heavy atom. The highest BCUT2D eigenvalue weighted by Gasteiger charge is 2.18. The van der Waals surface area contributed by atoms with Crippen LogP contribution in [0.3, 0.4) is 0 Å². The van der Waals surface area contributed by atoms with Crippen LogP contribution in [-0.4, -0.2) is 17.0 Å². The predicted octanol–water partition coefficient (Wildman–Crippen LogP) is 5.06. The minimum atomic E-state index is -1.01. The Hall–Kier alpha value is -2.88. The summed E-state index contributed by atoms with van der Waals surface area (Å²) in [4.78, 5) is 22.9. The van der Waals surface area contributed by atoms with Crippen LogP contribution in [0.25, 0.3) is 21.5 Å². The van der Waals surface area contributed by atoms with E-state index in [0.717, 1.165) is 27.1 Å². The summed E-state index contributed by atoms with van der Waals surface area (Å²) in [6.07, 6.45) is -0.395. The first-order chi connectivity index (χ1) is 12.3. The number of esters is 1. The molecular weight excluding hydrogens is 328 g/mol. The standard InChI is InChI=1S/C22H22O4/c1-22(2,3)16-9-8-15-12-14-6-4-5-7-17(14)21(18(15)13-16)26-20(25)11-10-19(23)24/h4-9,12-13H,10-11H2,1-3H3,(H,23,24). The molecule has 0 fully saturated rings. The average molecular weight is 350 g/mol. The highest BCUT2D eigenvalue weighted by atomic mass is 16.5. The van der Waals surface area contributed by atoms with Gasteiger partial charge in [0.05, 0.1) is 12.8 Å². The molecule has 0 aliphatic rings. The lowest BCUT2D eigenvalue weighted by molar-refractivity contribution is -0.142. The second-order valence-electron chi connectivity index (χ2n) is 7.48. The number of hydrogen-bond donors (Lipinski definition) is 1. The van der Waals surface area contributed by atoms with E-state index in [1.807, 2.05) is 30.3 Å². The third kappa shape index (κ3) is 3.69. The van der Waals surface area contributed by atoms with Crippen LogP contribution in [0.4, 0.5) is 0 Å². The van der Waals surface area contributed by atoms with Crippen LogP contribution in [0.15, 0.2) is 48.5 Å². The number of fused-ring (bicyclic) bond motifs is 2. The number of hydrogen-bond acceptors (Lipinski definition) is 3. The molecule has 0 saturated carbocycles. The number of carboxylic acid groups (broad SMARTS) is 1. The van der Waals surface area contributed by atoms with Gasteiger partial charge in [-0.1, -0.05) is 57.2 Å². The fourth-order valence-corrected chi connectivity index (χ4v) is 2.97. The summed E-state index contributed by atoms with van der Waals surface area (Å²) in [5.74, 6) is -1.05. The van der Waals surface area contributed by atoms with Gasteiger partial charge in [-0.2, -0.15) is 0 Å². The lowest BCUT2D eigenvalue weighted by atomic mass is 9.85. The minimum absolute atomic E-state index is 0.0373. The second kappa shape index (κ2) is 6.79. The molecule has 0 heterocycles. The van der Waals surface area contributed by atoms with E-state index >= 15 is 0 Å². The molecule has 0 spiro atoms. The highest BCUT2D eigenvalue weighted by molar-refractivity contribution is 6.06. The monoisotopic (exact) mass is 350 g/mol. The third-order valence-electron chi connectivity index (χ3n) is 4.44. The Balaban J connectivity index is 2.17. The molecular formula is C22H22O4. The molecule has 0 radical (unpaired) electrons. The second-order valence-corrected chi connectivity index (χ2v) is 7.48. The quantitative estimate of drug-likeness (QED) is 0.406.